The van der Waals surface area contributed by atoms with Gasteiger partial charge in [0, 0.05) is 31.6 Å². The van der Waals surface area contributed by atoms with Crippen molar-refractivity contribution >= 4 is 11.7 Å². The first kappa shape index (κ1) is 15.7. The van der Waals surface area contributed by atoms with Gasteiger partial charge in [0.1, 0.15) is 5.84 Å². The van der Waals surface area contributed by atoms with E-state index in [4.69, 9.17) is 15.7 Å². The van der Waals surface area contributed by atoms with E-state index in [-0.39, 0.29) is 11.7 Å². The molecule has 17 heavy (non-hydrogen) atoms. The third kappa shape index (κ3) is 6.78. The maximum Gasteiger partial charge on any atom is 0.220 e. The van der Waals surface area contributed by atoms with Gasteiger partial charge >= 0.3 is 0 Å². The second-order valence-corrected chi connectivity index (χ2v) is 4.45. The molecule has 6 heteroatoms. The summed E-state index contributed by atoms with van der Waals surface area (Å²) in [4.78, 5) is 11.5. The number of nitrogens with zero attached hydrogens (tertiary/aromatic N) is 1. The van der Waals surface area contributed by atoms with Gasteiger partial charge in [0.25, 0.3) is 0 Å². The summed E-state index contributed by atoms with van der Waals surface area (Å²) in [5, 5.41) is 14.3. The van der Waals surface area contributed by atoms with Crippen LogP contribution >= 0.6 is 0 Å². The molecule has 0 atom stereocenters. The fraction of sp³-hybridized carbons (Fsp3) is 0.818. The number of amidine groups is 1. The van der Waals surface area contributed by atoms with Gasteiger partial charge in [-0.25, -0.2) is 0 Å². The lowest BCUT2D eigenvalue weighted by molar-refractivity contribution is -0.121. The minimum atomic E-state index is -0.551. The highest BCUT2D eigenvalue weighted by Gasteiger charge is 2.24. The number of hydrogen-bond donors (Lipinski definition) is 3. The largest absolute Gasteiger partial charge is 0.409 e. The first-order valence-electron chi connectivity index (χ1n) is 5.76. The van der Waals surface area contributed by atoms with Crippen molar-refractivity contribution in [3.63, 3.8) is 0 Å². The summed E-state index contributed by atoms with van der Waals surface area (Å²) in [6, 6.07) is 0. The van der Waals surface area contributed by atoms with E-state index < -0.39 is 5.41 Å². The van der Waals surface area contributed by atoms with Crippen molar-refractivity contribution in [3.8, 4) is 0 Å². The van der Waals surface area contributed by atoms with Crippen molar-refractivity contribution in [2.75, 3.05) is 19.8 Å². The molecule has 0 saturated carbocycles. The predicted octanol–water partition coefficient (Wildman–Crippen LogP) is 0.692. The Hall–Kier alpha value is -1.30. The molecule has 100 valence electrons. The van der Waals surface area contributed by atoms with Gasteiger partial charge in [-0.3, -0.25) is 4.79 Å². The van der Waals surface area contributed by atoms with Crippen molar-refractivity contribution < 1.29 is 14.7 Å². The lowest BCUT2D eigenvalue weighted by Crippen LogP contribution is -2.42. The molecular weight excluding hydrogens is 222 g/mol. The SMILES string of the molecule is CCOCCCC(=O)NCC(C)(C)C(N)=NO. The number of oxime groups is 1. The third-order valence-electron chi connectivity index (χ3n) is 2.43. The molecule has 0 aliphatic heterocycles. The van der Waals surface area contributed by atoms with Crippen molar-refractivity contribution in [1.29, 1.82) is 0 Å². The number of carbonyl (C=O) groups is 1. The van der Waals surface area contributed by atoms with Crippen LogP contribution in [-0.2, 0) is 9.53 Å². The van der Waals surface area contributed by atoms with Gasteiger partial charge in [0.05, 0.1) is 0 Å². The maximum absolute atomic E-state index is 11.5. The fourth-order valence-corrected chi connectivity index (χ4v) is 1.11. The van der Waals surface area contributed by atoms with Gasteiger partial charge in [-0.05, 0) is 13.3 Å². The molecule has 0 unspecified atom stereocenters. The number of nitrogens with one attached hydrogen (secondary N) is 1. The average Bonchev–Trinajstić information content (AvgIpc) is 2.31. The number of nitrogens with two attached hydrogens (primary N) is 1. The van der Waals surface area contributed by atoms with Gasteiger partial charge in [-0.2, -0.15) is 0 Å². The van der Waals surface area contributed by atoms with Crippen molar-refractivity contribution in [3.05, 3.63) is 0 Å². The molecule has 0 fully saturated rings. The number of carbonyl (C=O) groups excluding carboxylic acids is 1. The Morgan fingerprint density at radius 2 is 2.18 bits per heavy atom. The van der Waals surface area contributed by atoms with E-state index in [1.54, 1.807) is 13.8 Å². The topological polar surface area (TPSA) is 96.9 Å². The zero-order chi connectivity index (χ0) is 13.3. The molecule has 0 aliphatic rings. The Bertz CT molecular complexity index is 265. The van der Waals surface area contributed by atoms with Crippen molar-refractivity contribution in [2.45, 2.75) is 33.6 Å². The lowest BCUT2D eigenvalue weighted by atomic mass is 9.92. The summed E-state index contributed by atoms with van der Waals surface area (Å²) >= 11 is 0. The summed E-state index contributed by atoms with van der Waals surface area (Å²) in [7, 11) is 0. The second-order valence-electron chi connectivity index (χ2n) is 4.45. The molecule has 4 N–H and O–H groups in total. The van der Waals surface area contributed by atoms with Crippen molar-refractivity contribution in [2.24, 2.45) is 16.3 Å². The first-order chi connectivity index (χ1) is 7.94. The van der Waals surface area contributed by atoms with E-state index in [9.17, 15) is 4.79 Å². The monoisotopic (exact) mass is 245 g/mol. The van der Waals surface area contributed by atoms with Crippen molar-refractivity contribution in [1.82, 2.24) is 5.32 Å². The standard InChI is InChI=1S/C11H23N3O3/c1-4-17-7-5-6-9(15)13-8-11(2,3)10(12)14-16/h16H,4-8H2,1-3H3,(H2,12,14)(H,13,15). The van der Waals surface area contributed by atoms with E-state index in [2.05, 4.69) is 10.5 Å². The Labute approximate surface area is 102 Å². The minimum absolute atomic E-state index is 0.0523. The molecule has 0 aromatic carbocycles. The summed E-state index contributed by atoms with van der Waals surface area (Å²) in [5.74, 6) is 0.0515. The summed E-state index contributed by atoms with van der Waals surface area (Å²) < 4.78 is 5.13. The molecule has 0 radical (unpaired) electrons. The van der Waals surface area contributed by atoms with Crippen LogP contribution in [0.2, 0.25) is 0 Å². The number of amides is 1. The van der Waals surface area contributed by atoms with E-state index >= 15 is 0 Å². The number of hydrogen-bond acceptors (Lipinski definition) is 4. The zero-order valence-electron chi connectivity index (χ0n) is 10.8. The number of ether oxygens (including phenoxy) is 1. The Kier molecular flexibility index (Phi) is 7.29. The van der Waals surface area contributed by atoms with Crippen LogP contribution in [0.1, 0.15) is 33.6 Å². The minimum Gasteiger partial charge on any atom is -0.409 e. The summed E-state index contributed by atoms with van der Waals surface area (Å²) in [6.45, 7) is 7.10. The highest BCUT2D eigenvalue weighted by molar-refractivity contribution is 5.86. The molecule has 0 aromatic rings. The summed E-state index contributed by atoms with van der Waals surface area (Å²) in [6.07, 6.45) is 1.12. The molecule has 0 rings (SSSR count). The second kappa shape index (κ2) is 7.89. The molecule has 0 aliphatic carbocycles. The highest BCUT2D eigenvalue weighted by atomic mass is 16.5. The molecule has 0 spiro atoms. The average molecular weight is 245 g/mol. The third-order valence-corrected chi connectivity index (χ3v) is 2.43. The van der Waals surface area contributed by atoms with E-state index in [1.165, 1.54) is 0 Å². The smallest absolute Gasteiger partial charge is 0.220 e. The molecule has 1 amide bonds. The fourth-order valence-electron chi connectivity index (χ4n) is 1.11. The predicted molar refractivity (Wildman–Crippen MR) is 65.9 cm³/mol. The molecular formula is C11H23N3O3. The van der Waals surface area contributed by atoms with E-state index in [0.29, 0.717) is 32.6 Å². The van der Waals surface area contributed by atoms with Crippen LogP contribution in [0.5, 0.6) is 0 Å². The normalized spacial score (nSPS) is 12.5. The van der Waals surface area contributed by atoms with Crippen LogP contribution < -0.4 is 11.1 Å². The maximum atomic E-state index is 11.5. The van der Waals surface area contributed by atoms with Gasteiger partial charge in [0.15, 0.2) is 0 Å². The molecule has 6 nitrogen and oxygen atoms in total. The van der Waals surface area contributed by atoms with Crippen LogP contribution in [0.4, 0.5) is 0 Å². The molecule has 0 saturated heterocycles. The molecule has 0 bridgehead atoms. The quantitative estimate of drug-likeness (QED) is 0.193. The van der Waals surface area contributed by atoms with Crippen LogP contribution in [0.25, 0.3) is 0 Å². The number of rotatable bonds is 8. The van der Waals surface area contributed by atoms with E-state index in [1.807, 2.05) is 6.92 Å². The van der Waals surface area contributed by atoms with E-state index in [0.717, 1.165) is 0 Å². The van der Waals surface area contributed by atoms with Gasteiger partial charge < -0.3 is 21.0 Å². The zero-order valence-corrected chi connectivity index (χ0v) is 10.8. The van der Waals surface area contributed by atoms with Crippen LogP contribution in [0.15, 0.2) is 5.16 Å². The van der Waals surface area contributed by atoms with Gasteiger partial charge in [0.2, 0.25) is 5.91 Å². The molecule has 0 heterocycles. The highest BCUT2D eigenvalue weighted by Crippen LogP contribution is 2.13. The Morgan fingerprint density at radius 3 is 2.71 bits per heavy atom. The van der Waals surface area contributed by atoms with Gasteiger partial charge in [-0.1, -0.05) is 19.0 Å². The van der Waals surface area contributed by atoms with Crippen LogP contribution in [0, 0.1) is 5.41 Å². The van der Waals surface area contributed by atoms with Crippen LogP contribution in [-0.4, -0.2) is 36.7 Å². The van der Waals surface area contributed by atoms with Crippen LogP contribution in [0.3, 0.4) is 0 Å². The summed E-state index contributed by atoms with van der Waals surface area (Å²) in [5.41, 5.74) is 4.95. The van der Waals surface area contributed by atoms with Gasteiger partial charge in [-0.15, -0.1) is 0 Å². The Morgan fingerprint density at radius 1 is 1.53 bits per heavy atom. The Balaban J connectivity index is 3.84. The lowest BCUT2D eigenvalue weighted by Gasteiger charge is -2.23. The first-order valence-corrected chi connectivity index (χ1v) is 5.76. The molecule has 0 aromatic heterocycles.